The van der Waals surface area contributed by atoms with Crippen LogP contribution in [0.2, 0.25) is 0 Å². The second kappa shape index (κ2) is 8.21. The van der Waals surface area contributed by atoms with Gasteiger partial charge in [0.15, 0.2) is 23.1 Å². The molecule has 1 aromatic carbocycles. The van der Waals surface area contributed by atoms with Crippen LogP contribution >= 0.6 is 0 Å². The summed E-state index contributed by atoms with van der Waals surface area (Å²) in [4.78, 5) is 16.2. The van der Waals surface area contributed by atoms with Gasteiger partial charge in [-0.3, -0.25) is 4.79 Å². The Kier molecular flexibility index (Phi) is 6.02. The largest absolute Gasteiger partial charge is 0.493 e. The van der Waals surface area contributed by atoms with Crippen LogP contribution in [-0.4, -0.2) is 38.8 Å². The maximum atomic E-state index is 12.1. The molecule has 1 amide bonds. The van der Waals surface area contributed by atoms with Crippen LogP contribution in [0.1, 0.15) is 21.9 Å². The van der Waals surface area contributed by atoms with Crippen molar-refractivity contribution in [2.24, 2.45) is 5.73 Å². The highest BCUT2D eigenvalue weighted by molar-refractivity contribution is 5.91. The number of oxazole rings is 1. The number of aromatic nitrogens is 1. The van der Waals surface area contributed by atoms with E-state index in [1.54, 1.807) is 12.1 Å². The Morgan fingerprint density at radius 1 is 1.21 bits per heavy atom. The van der Waals surface area contributed by atoms with Crippen LogP contribution in [0.5, 0.6) is 17.2 Å². The molecular formula is C16H21N3O5. The smallest absolute Gasteiger partial charge is 0.273 e. The van der Waals surface area contributed by atoms with Crippen LogP contribution in [0.15, 0.2) is 22.8 Å². The molecule has 1 aromatic heterocycles. The standard InChI is InChI=1S/C16H21N3O5/c1-21-12-6-10(7-13(22-2)15(12)23-3)8-18-16(20)11-9-24-14(19-11)4-5-17/h6-7,9H,4-5,8,17H2,1-3H3,(H,18,20). The lowest BCUT2D eigenvalue weighted by atomic mass is 10.1. The molecule has 130 valence electrons. The molecule has 0 spiro atoms. The summed E-state index contributed by atoms with van der Waals surface area (Å²) in [5.74, 6) is 1.64. The summed E-state index contributed by atoms with van der Waals surface area (Å²) in [7, 11) is 4.60. The van der Waals surface area contributed by atoms with Crippen LogP contribution in [0.3, 0.4) is 0 Å². The minimum absolute atomic E-state index is 0.214. The second-order valence-corrected chi connectivity index (χ2v) is 4.88. The number of carbonyl (C=O) groups is 1. The molecule has 2 aromatic rings. The monoisotopic (exact) mass is 335 g/mol. The van der Waals surface area contributed by atoms with Gasteiger partial charge < -0.3 is 29.7 Å². The molecule has 3 N–H and O–H groups in total. The lowest BCUT2D eigenvalue weighted by Gasteiger charge is -2.14. The quantitative estimate of drug-likeness (QED) is 0.744. The lowest BCUT2D eigenvalue weighted by molar-refractivity contribution is 0.0945. The van der Waals surface area contributed by atoms with Crippen molar-refractivity contribution in [2.45, 2.75) is 13.0 Å². The van der Waals surface area contributed by atoms with Crippen LogP contribution in [0.4, 0.5) is 0 Å². The molecule has 0 atom stereocenters. The molecule has 24 heavy (non-hydrogen) atoms. The molecule has 0 fully saturated rings. The van der Waals surface area contributed by atoms with E-state index in [0.717, 1.165) is 5.56 Å². The average molecular weight is 335 g/mol. The van der Waals surface area contributed by atoms with Crippen molar-refractivity contribution in [3.8, 4) is 17.2 Å². The second-order valence-electron chi connectivity index (χ2n) is 4.88. The molecule has 0 saturated heterocycles. The van der Waals surface area contributed by atoms with Crippen molar-refractivity contribution in [1.82, 2.24) is 10.3 Å². The fraction of sp³-hybridized carbons (Fsp3) is 0.375. The first-order chi connectivity index (χ1) is 11.6. The van der Waals surface area contributed by atoms with Crippen molar-refractivity contribution in [2.75, 3.05) is 27.9 Å². The van der Waals surface area contributed by atoms with Crippen LogP contribution in [-0.2, 0) is 13.0 Å². The number of nitrogens with two attached hydrogens (primary N) is 1. The molecule has 0 radical (unpaired) electrons. The Hall–Kier alpha value is -2.74. The highest BCUT2D eigenvalue weighted by atomic mass is 16.5. The summed E-state index contributed by atoms with van der Waals surface area (Å²) in [6, 6.07) is 3.54. The third-order valence-corrected chi connectivity index (χ3v) is 3.32. The number of carbonyl (C=O) groups excluding carboxylic acids is 1. The average Bonchev–Trinajstić information content (AvgIpc) is 3.07. The Bertz CT molecular complexity index is 674. The van der Waals surface area contributed by atoms with Crippen LogP contribution < -0.4 is 25.3 Å². The first-order valence-electron chi connectivity index (χ1n) is 7.34. The predicted octanol–water partition coefficient (Wildman–Crippen LogP) is 1.13. The van der Waals surface area contributed by atoms with Gasteiger partial charge in [-0.15, -0.1) is 0 Å². The number of methoxy groups -OCH3 is 3. The normalized spacial score (nSPS) is 10.3. The van der Waals surface area contributed by atoms with Crippen LogP contribution in [0, 0.1) is 0 Å². The first kappa shape index (κ1) is 17.6. The topological polar surface area (TPSA) is 109 Å². The van der Waals surface area contributed by atoms with Crippen LogP contribution in [0.25, 0.3) is 0 Å². The van der Waals surface area contributed by atoms with Gasteiger partial charge in [-0.25, -0.2) is 4.98 Å². The summed E-state index contributed by atoms with van der Waals surface area (Å²) in [5.41, 5.74) is 6.43. The van der Waals surface area contributed by atoms with E-state index in [1.807, 2.05) is 0 Å². The van der Waals surface area contributed by atoms with Crippen molar-refractivity contribution in [3.63, 3.8) is 0 Å². The molecule has 0 saturated carbocycles. The summed E-state index contributed by atoms with van der Waals surface area (Å²) < 4.78 is 21.0. The number of amides is 1. The van der Waals surface area contributed by atoms with E-state index >= 15 is 0 Å². The molecule has 0 bridgehead atoms. The molecule has 2 rings (SSSR count). The third kappa shape index (κ3) is 3.96. The third-order valence-electron chi connectivity index (χ3n) is 3.32. The van der Waals surface area contributed by atoms with Crippen molar-refractivity contribution >= 4 is 5.91 Å². The highest BCUT2D eigenvalue weighted by Crippen LogP contribution is 2.38. The number of nitrogens with zero attached hydrogens (tertiary/aromatic N) is 1. The molecule has 0 aliphatic carbocycles. The Morgan fingerprint density at radius 3 is 2.42 bits per heavy atom. The summed E-state index contributed by atoms with van der Waals surface area (Å²) in [5, 5.41) is 2.77. The zero-order valence-corrected chi connectivity index (χ0v) is 13.9. The van der Waals surface area contributed by atoms with E-state index in [9.17, 15) is 4.79 Å². The van der Waals surface area contributed by atoms with E-state index in [-0.39, 0.29) is 18.1 Å². The van der Waals surface area contributed by atoms with Crippen molar-refractivity contribution in [3.05, 3.63) is 35.5 Å². The van der Waals surface area contributed by atoms with Gasteiger partial charge in [0.2, 0.25) is 5.75 Å². The zero-order valence-electron chi connectivity index (χ0n) is 13.9. The molecular weight excluding hydrogens is 314 g/mol. The molecule has 0 unspecified atom stereocenters. The first-order valence-corrected chi connectivity index (χ1v) is 7.34. The van der Waals surface area contributed by atoms with Gasteiger partial charge in [0, 0.05) is 19.5 Å². The van der Waals surface area contributed by atoms with E-state index in [1.165, 1.54) is 27.6 Å². The predicted molar refractivity (Wildman–Crippen MR) is 86.5 cm³/mol. The molecule has 0 aliphatic rings. The fourth-order valence-electron chi connectivity index (χ4n) is 2.16. The Morgan fingerprint density at radius 2 is 1.88 bits per heavy atom. The number of benzene rings is 1. The Labute approximate surface area is 139 Å². The minimum Gasteiger partial charge on any atom is -0.493 e. The lowest BCUT2D eigenvalue weighted by Crippen LogP contribution is -2.23. The van der Waals surface area contributed by atoms with E-state index in [2.05, 4.69) is 10.3 Å². The van der Waals surface area contributed by atoms with E-state index < -0.39 is 0 Å². The Balaban J connectivity index is 2.09. The minimum atomic E-state index is -0.337. The molecule has 8 nitrogen and oxygen atoms in total. The van der Waals surface area contributed by atoms with Crippen molar-refractivity contribution in [1.29, 1.82) is 0 Å². The van der Waals surface area contributed by atoms with Crippen molar-refractivity contribution < 1.29 is 23.4 Å². The van der Waals surface area contributed by atoms with E-state index in [0.29, 0.717) is 36.1 Å². The van der Waals surface area contributed by atoms with Gasteiger partial charge in [0.25, 0.3) is 5.91 Å². The van der Waals surface area contributed by atoms with Gasteiger partial charge in [0.05, 0.1) is 21.3 Å². The number of nitrogens with one attached hydrogen (secondary N) is 1. The molecule has 1 heterocycles. The zero-order chi connectivity index (χ0) is 17.5. The van der Waals surface area contributed by atoms with Gasteiger partial charge in [0.1, 0.15) is 6.26 Å². The SMILES string of the molecule is COc1cc(CNC(=O)c2coc(CCN)n2)cc(OC)c1OC. The molecule has 8 heteroatoms. The number of hydrogen-bond donors (Lipinski definition) is 2. The van der Waals surface area contributed by atoms with Gasteiger partial charge >= 0.3 is 0 Å². The highest BCUT2D eigenvalue weighted by Gasteiger charge is 2.15. The maximum Gasteiger partial charge on any atom is 0.273 e. The van der Waals surface area contributed by atoms with Gasteiger partial charge in [-0.2, -0.15) is 0 Å². The number of rotatable bonds is 8. The summed E-state index contributed by atoms with van der Waals surface area (Å²) in [6.45, 7) is 0.682. The summed E-state index contributed by atoms with van der Waals surface area (Å²) >= 11 is 0. The van der Waals surface area contributed by atoms with E-state index in [4.69, 9.17) is 24.4 Å². The summed E-state index contributed by atoms with van der Waals surface area (Å²) in [6.07, 6.45) is 1.80. The maximum absolute atomic E-state index is 12.1. The van der Waals surface area contributed by atoms with Gasteiger partial charge in [-0.1, -0.05) is 0 Å². The fourth-order valence-corrected chi connectivity index (χ4v) is 2.16. The van der Waals surface area contributed by atoms with Gasteiger partial charge in [-0.05, 0) is 17.7 Å². The number of hydrogen-bond acceptors (Lipinski definition) is 7. The number of ether oxygens (including phenoxy) is 3. The molecule has 0 aliphatic heterocycles.